The van der Waals surface area contributed by atoms with E-state index in [1.807, 2.05) is 54.0 Å². The quantitative estimate of drug-likeness (QED) is 0.604. The van der Waals surface area contributed by atoms with E-state index in [2.05, 4.69) is 15.5 Å². The zero-order chi connectivity index (χ0) is 20.1. The molecule has 0 bridgehead atoms. The second-order valence-corrected chi connectivity index (χ2v) is 7.58. The molecule has 0 spiro atoms. The van der Waals surface area contributed by atoms with Gasteiger partial charge in [0.25, 0.3) is 0 Å². The fourth-order valence-corrected chi connectivity index (χ4v) is 3.84. The summed E-state index contributed by atoms with van der Waals surface area (Å²) < 4.78 is 13.0. The first kappa shape index (κ1) is 19.3. The first-order valence-corrected chi connectivity index (χ1v) is 10.4. The van der Waals surface area contributed by atoms with Crippen molar-refractivity contribution in [3.8, 4) is 17.2 Å². The summed E-state index contributed by atoms with van der Waals surface area (Å²) in [5, 5.41) is 11.8. The minimum Gasteiger partial charge on any atom is -0.486 e. The van der Waals surface area contributed by atoms with Crippen molar-refractivity contribution in [1.82, 2.24) is 20.1 Å². The Bertz CT molecular complexity index is 1010. The summed E-state index contributed by atoms with van der Waals surface area (Å²) >= 11 is 1.37. The highest BCUT2D eigenvalue weighted by Crippen LogP contribution is 2.30. The monoisotopic (exact) mass is 410 g/mol. The van der Waals surface area contributed by atoms with E-state index in [9.17, 15) is 4.79 Å². The van der Waals surface area contributed by atoms with E-state index in [4.69, 9.17) is 9.47 Å². The van der Waals surface area contributed by atoms with Crippen molar-refractivity contribution in [1.29, 1.82) is 0 Å². The summed E-state index contributed by atoms with van der Waals surface area (Å²) in [6.45, 7) is 3.74. The van der Waals surface area contributed by atoms with Gasteiger partial charge in [-0.2, -0.15) is 0 Å². The van der Waals surface area contributed by atoms with Gasteiger partial charge in [-0.05, 0) is 42.7 Å². The first-order valence-electron chi connectivity index (χ1n) is 9.45. The number of nitrogens with zero attached hydrogens (tertiary/aromatic N) is 3. The summed E-state index contributed by atoms with van der Waals surface area (Å²) in [6.07, 6.45) is 2.40. The molecule has 0 aliphatic carbocycles. The Morgan fingerprint density at radius 2 is 2.00 bits per heavy atom. The van der Waals surface area contributed by atoms with Crippen molar-refractivity contribution in [2.45, 2.75) is 18.5 Å². The largest absolute Gasteiger partial charge is 0.486 e. The third-order valence-electron chi connectivity index (χ3n) is 4.57. The molecule has 0 atom stereocenters. The Balaban J connectivity index is 1.27. The van der Waals surface area contributed by atoms with Gasteiger partial charge in [0.2, 0.25) is 5.91 Å². The Kier molecular flexibility index (Phi) is 6.00. The number of hydrogen-bond donors (Lipinski definition) is 1. The standard InChI is InChI=1S/C21H22N4O3S/c1-15-4-2-3-5-17(15)25-14-23-24-21(25)29-13-20(26)22-9-8-16-6-7-18-19(12-16)28-11-10-27-18/h2-7,12,14H,8-11,13H2,1H3,(H,22,26). The van der Waals surface area contributed by atoms with Crippen molar-refractivity contribution in [3.63, 3.8) is 0 Å². The molecular formula is C21H22N4O3S. The van der Waals surface area contributed by atoms with Crippen LogP contribution in [-0.4, -0.2) is 46.2 Å². The molecule has 4 rings (SSSR count). The topological polar surface area (TPSA) is 78.3 Å². The van der Waals surface area contributed by atoms with Gasteiger partial charge in [0.15, 0.2) is 16.7 Å². The molecule has 150 valence electrons. The van der Waals surface area contributed by atoms with E-state index < -0.39 is 0 Å². The highest BCUT2D eigenvalue weighted by Gasteiger charge is 2.13. The maximum atomic E-state index is 12.2. The maximum Gasteiger partial charge on any atom is 0.230 e. The third kappa shape index (κ3) is 4.71. The molecule has 0 radical (unpaired) electrons. The fraction of sp³-hybridized carbons (Fsp3) is 0.286. The predicted octanol–water partition coefficient (Wildman–Crippen LogP) is 2.80. The van der Waals surface area contributed by atoms with Crippen LogP contribution in [0.25, 0.3) is 5.69 Å². The number of thioether (sulfide) groups is 1. The van der Waals surface area contributed by atoms with Gasteiger partial charge in [0.05, 0.1) is 11.4 Å². The number of aromatic nitrogens is 3. The molecule has 0 unspecified atom stereocenters. The molecule has 1 aliphatic heterocycles. The molecule has 1 aliphatic rings. The second-order valence-electron chi connectivity index (χ2n) is 6.64. The number of fused-ring (bicyclic) bond motifs is 1. The van der Waals surface area contributed by atoms with Crippen LogP contribution in [0.3, 0.4) is 0 Å². The number of nitrogens with one attached hydrogen (secondary N) is 1. The smallest absolute Gasteiger partial charge is 0.230 e. The highest BCUT2D eigenvalue weighted by atomic mass is 32.2. The number of benzene rings is 2. The summed E-state index contributed by atoms with van der Waals surface area (Å²) in [7, 11) is 0. The van der Waals surface area contributed by atoms with Crippen LogP contribution >= 0.6 is 11.8 Å². The van der Waals surface area contributed by atoms with Crippen molar-refractivity contribution in [2.75, 3.05) is 25.5 Å². The molecule has 1 amide bonds. The first-order chi connectivity index (χ1) is 14.2. The summed E-state index contributed by atoms with van der Waals surface area (Å²) in [5.41, 5.74) is 3.23. The summed E-state index contributed by atoms with van der Waals surface area (Å²) in [6, 6.07) is 13.9. The van der Waals surface area contributed by atoms with Crippen LogP contribution in [0.2, 0.25) is 0 Å². The summed E-state index contributed by atoms with van der Waals surface area (Å²) in [4.78, 5) is 12.2. The lowest BCUT2D eigenvalue weighted by atomic mass is 10.1. The van der Waals surface area contributed by atoms with Crippen molar-refractivity contribution in [2.24, 2.45) is 0 Å². The Morgan fingerprint density at radius 1 is 1.17 bits per heavy atom. The van der Waals surface area contributed by atoms with Crippen LogP contribution in [0.4, 0.5) is 0 Å². The van der Waals surface area contributed by atoms with Crippen LogP contribution in [0.5, 0.6) is 11.5 Å². The average molecular weight is 410 g/mol. The van der Waals surface area contributed by atoms with E-state index >= 15 is 0 Å². The molecule has 29 heavy (non-hydrogen) atoms. The number of amides is 1. The molecular weight excluding hydrogens is 388 g/mol. The van der Waals surface area contributed by atoms with Crippen LogP contribution in [0.15, 0.2) is 53.9 Å². The number of para-hydroxylation sites is 1. The van der Waals surface area contributed by atoms with Gasteiger partial charge < -0.3 is 14.8 Å². The van der Waals surface area contributed by atoms with Gasteiger partial charge in [0.1, 0.15) is 19.5 Å². The van der Waals surface area contributed by atoms with E-state index in [0.29, 0.717) is 24.9 Å². The van der Waals surface area contributed by atoms with Gasteiger partial charge in [-0.25, -0.2) is 0 Å². The SMILES string of the molecule is Cc1ccccc1-n1cnnc1SCC(=O)NCCc1ccc2c(c1)OCCO2. The number of carbonyl (C=O) groups is 1. The zero-order valence-corrected chi connectivity index (χ0v) is 16.9. The Morgan fingerprint density at radius 3 is 2.86 bits per heavy atom. The molecule has 8 heteroatoms. The molecule has 0 saturated carbocycles. The zero-order valence-electron chi connectivity index (χ0n) is 16.1. The van der Waals surface area contributed by atoms with E-state index in [0.717, 1.165) is 34.7 Å². The van der Waals surface area contributed by atoms with Crippen molar-refractivity contribution < 1.29 is 14.3 Å². The van der Waals surface area contributed by atoms with Gasteiger partial charge in [0, 0.05) is 6.54 Å². The third-order valence-corrected chi connectivity index (χ3v) is 5.51. The molecule has 0 saturated heterocycles. The molecule has 2 heterocycles. The second kappa shape index (κ2) is 9.00. The lowest BCUT2D eigenvalue weighted by Crippen LogP contribution is -2.27. The fourth-order valence-electron chi connectivity index (χ4n) is 3.09. The highest BCUT2D eigenvalue weighted by molar-refractivity contribution is 7.99. The number of rotatable bonds is 7. The lowest BCUT2D eigenvalue weighted by Gasteiger charge is -2.18. The van der Waals surface area contributed by atoms with E-state index in [-0.39, 0.29) is 11.7 Å². The van der Waals surface area contributed by atoms with Crippen molar-refractivity contribution >= 4 is 17.7 Å². The minimum absolute atomic E-state index is 0.0353. The number of hydrogen-bond acceptors (Lipinski definition) is 6. The molecule has 2 aromatic carbocycles. The van der Waals surface area contributed by atoms with Gasteiger partial charge >= 0.3 is 0 Å². The maximum absolute atomic E-state index is 12.2. The normalized spacial score (nSPS) is 12.6. The predicted molar refractivity (Wildman–Crippen MR) is 111 cm³/mol. The number of carbonyl (C=O) groups excluding carboxylic acids is 1. The van der Waals surface area contributed by atoms with Crippen LogP contribution < -0.4 is 14.8 Å². The van der Waals surface area contributed by atoms with Crippen LogP contribution in [0.1, 0.15) is 11.1 Å². The molecule has 1 aromatic heterocycles. The lowest BCUT2D eigenvalue weighted by molar-refractivity contribution is -0.118. The molecule has 1 N–H and O–H groups in total. The molecule has 7 nitrogen and oxygen atoms in total. The molecule has 3 aromatic rings. The number of aryl methyl sites for hydroxylation is 1. The van der Waals surface area contributed by atoms with E-state index in [1.165, 1.54) is 11.8 Å². The Hall–Kier alpha value is -3.00. The van der Waals surface area contributed by atoms with Gasteiger partial charge in [-0.3, -0.25) is 9.36 Å². The number of ether oxygens (including phenoxy) is 2. The Labute approximate surface area is 173 Å². The molecule has 0 fully saturated rings. The summed E-state index contributed by atoms with van der Waals surface area (Å²) in [5.74, 6) is 1.79. The van der Waals surface area contributed by atoms with Crippen LogP contribution in [0, 0.1) is 6.92 Å². The minimum atomic E-state index is -0.0353. The van der Waals surface area contributed by atoms with Crippen molar-refractivity contribution in [3.05, 3.63) is 59.9 Å². The average Bonchev–Trinajstić information content (AvgIpc) is 3.21. The van der Waals surface area contributed by atoms with Gasteiger partial charge in [-0.1, -0.05) is 36.0 Å². The van der Waals surface area contributed by atoms with E-state index in [1.54, 1.807) is 6.33 Å². The van der Waals surface area contributed by atoms with Crippen LogP contribution in [-0.2, 0) is 11.2 Å². The van der Waals surface area contributed by atoms with Gasteiger partial charge in [-0.15, -0.1) is 10.2 Å².